The summed E-state index contributed by atoms with van der Waals surface area (Å²) in [4.78, 5) is 12.0. The molecule has 0 aliphatic carbocycles. The zero-order chi connectivity index (χ0) is 24.2. The van der Waals surface area contributed by atoms with Gasteiger partial charge in [-0.25, -0.2) is 4.39 Å². The van der Waals surface area contributed by atoms with E-state index in [0.717, 1.165) is 6.07 Å². The minimum Gasteiger partial charge on any atom is -0.484 e. The third kappa shape index (κ3) is 6.63. The summed E-state index contributed by atoms with van der Waals surface area (Å²) in [6, 6.07) is 2.96. The molecule has 15 heteroatoms. The van der Waals surface area contributed by atoms with Crippen LogP contribution in [0.3, 0.4) is 0 Å². The Kier molecular flexibility index (Phi) is 7.57. The van der Waals surface area contributed by atoms with Crippen molar-refractivity contribution in [1.82, 2.24) is 20.8 Å². The van der Waals surface area contributed by atoms with E-state index in [-0.39, 0.29) is 35.9 Å². The number of carbonyl (C=O) groups excluding carboxylic acids is 1. The van der Waals surface area contributed by atoms with Crippen molar-refractivity contribution in [3.8, 4) is 11.8 Å². The molecule has 0 unspecified atom stereocenters. The molecular weight excluding hydrogens is 486 g/mol. The molecule has 1 amide bonds. The number of rotatable bonds is 8. The van der Waals surface area contributed by atoms with Crippen LogP contribution in [0, 0.1) is 5.82 Å². The number of hydrogen-bond acceptors (Lipinski definition) is 7. The fraction of sp³-hybridized carbons (Fsp3) is 0.500. The number of amides is 1. The summed E-state index contributed by atoms with van der Waals surface area (Å²) in [6.45, 7) is -2.07. The fourth-order valence-electron chi connectivity index (χ4n) is 2.83. The first kappa shape index (κ1) is 24.9. The monoisotopic (exact) mass is 502 g/mol. The number of piperidine rings is 1. The molecule has 3 rings (SSSR count). The Morgan fingerprint density at radius 1 is 1.21 bits per heavy atom. The Labute approximate surface area is 187 Å². The molecular formula is C18H17ClF6N4O4. The van der Waals surface area contributed by atoms with Crippen LogP contribution < -0.4 is 20.1 Å². The van der Waals surface area contributed by atoms with Gasteiger partial charge in [0.05, 0.1) is 11.1 Å². The van der Waals surface area contributed by atoms with Crippen LogP contribution in [0.2, 0.25) is 5.02 Å². The maximum atomic E-state index is 13.4. The normalized spacial score (nSPS) is 19.2. The Morgan fingerprint density at radius 2 is 1.97 bits per heavy atom. The van der Waals surface area contributed by atoms with E-state index in [9.17, 15) is 31.1 Å². The van der Waals surface area contributed by atoms with Crippen molar-refractivity contribution in [2.24, 2.45) is 0 Å². The maximum absolute atomic E-state index is 13.4. The molecule has 0 spiro atoms. The Morgan fingerprint density at radius 3 is 2.61 bits per heavy atom. The number of carbonyl (C=O) groups is 1. The first-order chi connectivity index (χ1) is 15.4. The Hall–Kier alpha value is -2.74. The highest BCUT2D eigenvalue weighted by atomic mass is 35.5. The van der Waals surface area contributed by atoms with Crippen LogP contribution in [0.1, 0.15) is 24.8 Å². The van der Waals surface area contributed by atoms with E-state index < -0.39 is 42.5 Å². The van der Waals surface area contributed by atoms with Crippen molar-refractivity contribution in [2.75, 3.05) is 19.8 Å². The number of nitrogens with one attached hydrogen (secondary N) is 2. The summed E-state index contributed by atoms with van der Waals surface area (Å²) in [5.41, 5.74) is 0. The van der Waals surface area contributed by atoms with Crippen molar-refractivity contribution >= 4 is 17.5 Å². The van der Waals surface area contributed by atoms with Gasteiger partial charge in [0.1, 0.15) is 11.6 Å². The van der Waals surface area contributed by atoms with E-state index in [1.807, 2.05) is 0 Å². The van der Waals surface area contributed by atoms with Crippen molar-refractivity contribution in [2.45, 2.75) is 37.0 Å². The number of aromatic nitrogens is 2. The average molecular weight is 503 g/mol. The second kappa shape index (κ2) is 10.0. The second-order valence-electron chi connectivity index (χ2n) is 7.06. The van der Waals surface area contributed by atoms with Gasteiger partial charge >= 0.3 is 18.2 Å². The molecule has 0 saturated carbocycles. The average Bonchev–Trinajstić information content (AvgIpc) is 3.22. The molecule has 1 saturated heterocycles. The van der Waals surface area contributed by atoms with Gasteiger partial charge in [-0.2, -0.15) is 22.0 Å². The van der Waals surface area contributed by atoms with Gasteiger partial charge in [0.15, 0.2) is 13.2 Å². The molecule has 33 heavy (non-hydrogen) atoms. The standard InChI is InChI=1S/C18H17ClF6N4O4/c19-11-3-2-10(5-12(11)20)31-7-14(30)27-9-1-4-13(26-6-9)15-28-29-16(33-15)32-8-17(21,22)18(23,24)25/h2-3,5,9,13,26H,1,4,6-8H2,(H,27,30)/t9-,13+/m0/s1. The summed E-state index contributed by atoms with van der Waals surface area (Å²) < 4.78 is 90.1. The molecule has 182 valence electrons. The van der Waals surface area contributed by atoms with Crippen LogP contribution >= 0.6 is 11.6 Å². The summed E-state index contributed by atoms with van der Waals surface area (Å²) in [5, 5.41) is 12.5. The predicted molar refractivity (Wildman–Crippen MR) is 99.6 cm³/mol. The van der Waals surface area contributed by atoms with Crippen molar-refractivity contribution < 1.29 is 45.0 Å². The molecule has 2 N–H and O–H groups in total. The highest BCUT2D eigenvalue weighted by Gasteiger charge is 2.58. The first-order valence-corrected chi connectivity index (χ1v) is 9.84. The molecule has 2 aromatic rings. The number of ether oxygens (including phenoxy) is 2. The lowest BCUT2D eigenvalue weighted by atomic mass is 10.0. The second-order valence-corrected chi connectivity index (χ2v) is 7.47. The molecule has 1 aromatic heterocycles. The predicted octanol–water partition coefficient (Wildman–Crippen LogP) is 3.43. The molecule has 0 bridgehead atoms. The van der Waals surface area contributed by atoms with Gasteiger partial charge in [-0.1, -0.05) is 16.7 Å². The lowest BCUT2D eigenvalue weighted by molar-refractivity contribution is -0.290. The van der Waals surface area contributed by atoms with Gasteiger partial charge in [-0.05, 0) is 25.0 Å². The largest absolute Gasteiger partial charge is 0.484 e. The molecule has 8 nitrogen and oxygen atoms in total. The number of nitrogens with zero attached hydrogens (tertiary/aromatic N) is 2. The van der Waals surface area contributed by atoms with E-state index >= 15 is 0 Å². The van der Waals surface area contributed by atoms with Crippen molar-refractivity contribution in [1.29, 1.82) is 0 Å². The van der Waals surface area contributed by atoms with Gasteiger partial charge in [-0.15, -0.1) is 5.10 Å². The molecule has 0 radical (unpaired) electrons. The minimum absolute atomic E-state index is 0.0572. The van der Waals surface area contributed by atoms with Gasteiger partial charge in [-0.3, -0.25) is 4.79 Å². The zero-order valence-electron chi connectivity index (χ0n) is 16.6. The number of alkyl halides is 5. The Bertz CT molecular complexity index is 966. The maximum Gasteiger partial charge on any atom is 0.456 e. The molecule has 1 aromatic carbocycles. The molecule has 2 atom stereocenters. The molecule has 2 heterocycles. The summed E-state index contributed by atoms with van der Waals surface area (Å²) >= 11 is 5.57. The van der Waals surface area contributed by atoms with Gasteiger partial charge in [0.2, 0.25) is 5.89 Å². The fourth-order valence-corrected chi connectivity index (χ4v) is 2.95. The van der Waals surface area contributed by atoms with E-state index in [1.54, 1.807) is 0 Å². The van der Waals surface area contributed by atoms with Crippen molar-refractivity contribution in [3.63, 3.8) is 0 Å². The van der Waals surface area contributed by atoms with Crippen LogP contribution in [-0.4, -0.2) is 54.0 Å². The van der Waals surface area contributed by atoms with E-state index in [2.05, 4.69) is 25.6 Å². The first-order valence-electron chi connectivity index (χ1n) is 9.46. The lowest BCUT2D eigenvalue weighted by Gasteiger charge is -2.28. The van der Waals surface area contributed by atoms with Crippen LogP contribution in [0.4, 0.5) is 26.3 Å². The van der Waals surface area contributed by atoms with Crippen LogP contribution in [0.25, 0.3) is 0 Å². The third-order valence-electron chi connectivity index (χ3n) is 4.55. The van der Waals surface area contributed by atoms with Crippen molar-refractivity contribution in [3.05, 3.63) is 34.9 Å². The summed E-state index contributed by atoms with van der Waals surface area (Å²) in [7, 11) is 0. The highest BCUT2D eigenvalue weighted by Crippen LogP contribution is 2.35. The summed E-state index contributed by atoms with van der Waals surface area (Å²) in [5.74, 6) is -6.12. The van der Waals surface area contributed by atoms with E-state index in [4.69, 9.17) is 20.8 Å². The minimum atomic E-state index is -5.77. The Balaban J connectivity index is 1.41. The van der Waals surface area contributed by atoms with E-state index in [0.29, 0.717) is 12.8 Å². The zero-order valence-corrected chi connectivity index (χ0v) is 17.4. The molecule has 1 aliphatic heterocycles. The molecule has 1 fully saturated rings. The third-order valence-corrected chi connectivity index (χ3v) is 4.86. The molecule has 1 aliphatic rings. The number of halogens is 7. The van der Waals surface area contributed by atoms with Crippen LogP contribution in [0.5, 0.6) is 11.8 Å². The smallest absolute Gasteiger partial charge is 0.456 e. The topological polar surface area (TPSA) is 98.5 Å². The van der Waals surface area contributed by atoms with Gasteiger partial charge in [0, 0.05) is 18.7 Å². The number of hydrogen-bond donors (Lipinski definition) is 2. The summed E-state index contributed by atoms with van der Waals surface area (Å²) in [6.07, 6.45) is -5.74. The van der Waals surface area contributed by atoms with Gasteiger partial charge in [0.25, 0.3) is 5.91 Å². The van der Waals surface area contributed by atoms with E-state index in [1.165, 1.54) is 12.1 Å². The SMILES string of the molecule is O=C(COc1ccc(Cl)c(F)c1)N[C@H]1CC[C@H](c2nnc(OCC(F)(F)C(F)(F)F)o2)NC1. The van der Waals surface area contributed by atoms with Crippen LogP contribution in [-0.2, 0) is 4.79 Å². The van der Waals surface area contributed by atoms with Crippen LogP contribution in [0.15, 0.2) is 22.6 Å². The van der Waals surface area contributed by atoms with Gasteiger partial charge < -0.3 is 24.5 Å². The number of benzene rings is 1. The quantitative estimate of drug-likeness (QED) is 0.534. The lowest BCUT2D eigenvalue weighted by Crippen LogP contribution is -2.48. The highest BCUT2D eigenvalue weighted by molar-refractivity contribution is 6.30.